The Morgan fingerprint density at radius 3 is 1.38 bits per heavy atom. The molecule has 1 aromatic heterocycles. The number of para-hydroxylation sites is 4. The van der Waals surface area contributed by atoms with Gasteiger partial charge in [0.25, 0.3) is 0 Å². The summed E-state index contributed by atoms with van der Waals surface area (Å²) in [7, 11) is -6.34. The van der Waals surface area contributed by atoms with Crippen LogP contribution in [0.15, 0.2) is 192 Å². The molecule has 4 nitrogen and oxygen atoms in total. The number of benzene rings is 7. The molecular formula is C44H34N2O2SSi. The molecule has 2 heterocycles. The van der Waals surface area contributed by atoms with Crippen molar-refractivity contribution in [2.75, 3.05) is 11.4 Å². The maximum Gasteiger partial charge on any atom is 0.210 e. The average Bonchev–Trinajstić information content (AvgIpc) is 3.52. The Bertz CT molecular complexity index is 2470. The second kappa shape index (κ2) is 12.0. The molecule has 0 N–H and O–H groups in total. The number of aromatic nitrogens is 1. The molecule has 7 aromatic carbocycles. The van der Waals surface area contributed by atoms with E-state index >= 15 is 0 Å². The molecule has 0 saturated heterocycles. The summed E-state index contributed by atoms with van der Waals surface area (Å²) in [4.78, 5) is 2.95. The molecule has 0 aliphatic carbocycles. The van der Waals surface area contributed by atoms with Gasteiger partial charge < -0.3 is 9.47 Å². The van der Waals surface area contributed by atoms with E-state index in [-0.39, 0.29) is 0 Å². The largest absolute Gasteiger partial charge is 0.340 e. The summed E-state index contributed by atoms with van der Waals surface area (Å²) in [6.45, 7) is 0.647. The molecule has 0 saturated carbocycles. The number of anilines is 2. The molecule has 0 unspecified atom stereocenters. The molecule has 242 valence electrons. The van der Waals surface area contributed by atoms with E-state index in [1.54, 1.807) is 12.1 Å². The maximum absolute atomic E-state index is 13.8. The van der Waals surface area contributed by atoms with Crippen LogP contribution in [-0.2, 0) is 9.84 Å². The van der Waals surface area contributed by atoms with Gasteiger partial charge in [0.15, 0.2) is 0 Å². The fraction of sp³-hybridized carbons (Fsp3) is 0.0455. The molecular weight excluding hydrogens is 649 g/mol. The molecule has 9 rings (SSSR count). The molecule has 8 aromatic rings. The van der Waals surface area contributed by atoms with E-state index in [4.69, 9.17) is 0 Å². The first-order valence-electron chi connectivity index (χ1n) is 17.0. The summed E-state index contributed by atoms with van der Waals surface area (Å²) >= 11 is 0. The number of hydrogen-bond acceptors (Lipinski definition) is 3. The van der Waals surface area contributed by atoms with Gasteiger partial charge >= 0.3 is 0 Å². The molecule has 6 heteroatoms. The molecule has 0 amide bonds. The number of fused-ring (bicyclic) bond motifs is 5. The van der Waals surface area contributed by atoms with Gasteiger partial charge in [-0.1, -0.05) is 133 Å². The third-order valence-corrected chi connectivity index (χ3v) is 17.1. The number of sulfone groups is 1. The summed E-state index contributed by atoms with van der Waals surface area (Å²) in [5.74, 6) is 0. The maximum atomic E-state index is 13.8. The molecule has 0 bridgehead atoms. The smallest absolute Gasteiger partial charge is 0.210 e. The fourth-order valence-corrected chi connectivity index (χ4v) is 14.4. The highest BCUT2D eigenvalue weighted by molar-refractivity contribution is 7.92. The Balaban J connectivity index is 1.22. The highest BCUT2D eigenvalue weighted by Gasteiger charge is 2.41. The first-order valence-corrected chi connectivity index (χ1v) is 20.7. The summed E-state index contributed by atoms with van der Waals surface area (Å²) in [6, 6.07) is 64.0. The lowest BCUT2D eigenvalue weighted by Crippen LogP contribution is -2.67. The van der Waals surface area contributed by atoms with Gasteiger partial charge in [0.2, 0.25) is 9.84 Å². The lowest BCUT2D eigenvalue weighted by Gasteiger charge is -2.38. The van der Waals surface area contributed by atoms with E-state index in [9.17, 15) is 8.42 Å². The van der Waals surface area contributed by atoms with Gasteiger partial charge in [-0.2, -0.15) is 0 Å². The molecule has 0 spiro atoms. The molecule has 0 fully saturated rings. The van der Waals surface area contributed by atoms with Crippen LogP contribution in [0.2, 0.25) is 6.04 Å². The number of rotatable bonds is 7. The second-order valence-corrected chi connectivity index (χ2v) is 18.8. The number of nitrogens with zero attached hydrogens (tertiary/aromatic N) is 2. The summed E-state index contributed by atoms with van der Waals surface area (Å²) in [5.41, 5.74) is 4.97. The van der Waals surface area contributed by atoms with Gasteiger partial charge in [0.05, 0.1) is 32.2 Å². The van der Waals surface area contributed by atoms with Crippen LogP contribution in [0.3, 0.4) is 0 Å². The number of hydrogen-bond donors (Lipinski definition) is 0. The van der Waals surface area contributed by atoms with E-state index in [0.29, 0.717) is 16.3 Å². The van der Waals surface area contributed by atoms with E-state index in [1.807, 2.05) is 36.4 Å². The first kappa shape index (κ1) is 30.4. The monoisotopic (exact) mass is 682 g/mol. The van der Waals surface area contributed by atoms with Crippen molar-refractivity contribution in [3.05, 3.63) is 182 Å². The van der Waals surface area contributed by atoms with Gasteiger partial charge in [-0.3, -0.25) is 0 Å². The quantitative estimate of drug-likeness (QED) is 0.126. The SMILES string of the molecule is O=S1(=O)c2ccccc2N(CC[Si](c2ccccc2)(c2ccccc2)c2ccc(-n3c4ccccc4c4ccccc43)cc2)c2ccccc21. The topological polar surface area (TPSA) is 42.3 Å². The highest BCUT2D eigenvalue weighted by atomic mass is 32.2. The van der Waals surface area contributed by atoms with Crippen molar-refractivity contribution in [2.24, 2.45) is 0 Å². The first-order chi connectivity index (χ1) is 24.6. The van der Waals surface area contributed by atoms with Crippen LogP contribution in [0.1, 0.15) is 0 Å². The van der Waals surface area contributed by atoms with Crippen LogP contribution in [0.5, 0.6) is 0 Å². The Morgan fingerprint density at radius 2 is 0.860 bits per heavy atom. The van der Waals surface area contributed by atoms with Gasteiger partial charge in [-0.05, 0) is 70.1 Å². The lowest BCUT2D eigenvalue weighted by molar-refractivity contribution is 0.594. The molecule has 1 aliphatic rings. The summed E-state index contributed by atoms with van der Waals surface area (Å²) in [5, 5.41) is 6.44. The molecule has 50 heavy (non-hydrogen) atoms. The van der Waals surface area contributed by atoms with Crippen molar-refractivity contribution in [3.63, 3.8) is 0 Å². The van der Waals surface area contributed by atoms with Crippen LogP contribution in [0.25, 0.3) is 27.5 Å². The molecule has 0 radical (unpaired) electrons. The zero-order valence-corrected chi connectivity index (χ0v) is 29.2. The Morgan fingerprint density at radius 1 is 0.440 bits per heavy atom. The van der Waals surface area contributed by atoms with E-state index < -0.39 is 17.9 Å². The standard InChI is InChI=1S/C44H34N2O2SSi/c47-49(48)43-25-13-11-23-41(43)45(42-24-12-14-26-44(42)49)31-32-50(34-15-3-1-4-16-34,35-17-5-2-6-18-35)36-29-27-33(28-30-36)46-39-21-9-7-19-37(39)38-20-8-10-22-40(38)46/h1-30H,31-32H2. The van der Waals surface area contributed by atoms with Crippen molar-refractivity contribution in [1.29, 1.82) is 0 Å². The van der Waals surface area contributed by atoms with Crippen LogP contribution >= 0.6 is 0 Å². The zero-order valence-electron chi connectivity index (χ0n) is 27.4. The minimum absolute atomic E-state index is 0.362. The van der Waals surface area contributed by atoms with Crippen molar-refractivity contribution in [2.45, 2.75) is 15.8 Å². The van der Waals surface area contributed by atoms with Gasteiger partial charge in [0.1, 0.15) is 8.07 Å². The van der Waals surface area contributed by atoms with Crippen LogP contribution < -0.4 is 20.5 Å². The van der Waals surface area contributed by atoms with Crippen LogP contribution in [0.4, 0.5) is 11.4 Å². The lowest BCUT2D eigenvalue weighted by atomic mass is 10.2. The summed E-state index contributed by atoms with van der Waals surface area (Å²) < 4.78 is 29.9. The third-order valence-electron chi connectivity index (χ3n) is 10.3. The van der Waals surface area contributed by atoms with Gasteiger partial charge in [0, 0.05) is 23.0 Å². The van der Waals surface area contributed by atoms with Crippen LogP contribution in [0, 0.1) is 0 Å². The highest BCUT2D eigenvalue weighted by Crippen LogP contribution is 2.44. The van der Waals surface area contributed by atoms with E-state index in [2.05, 4.69) is 143 Å². The van der Waals surface area contributed by atoms with Gasteiger partial charge in [-0.25, -0.2) is 8.42 Å². The van der Waals surface area contributed by atoms with E-state index in [0.717, 1.165) is 23.1 Å². The zero-order chi connectivity index (χ0) is 33.7. The Hall–Kier alpha value is -5.69. The van der Waals surface area contributed by atoms with Crippen molar-refractivity contribution in [3.8, 4) is 5.69 Å². The van der Waals surface area contributed by atoms with Crippen molar-refractivity contribution in [1.82, 2.24) is 4.57 Å². The second-order valence-electron chi connectivity index (χ2n) is 12.9. The molecule has 1 aliphatic heterocycles. The summed E-state index contributed by atoms with van der Waals surface area (Å²) in [6.07, 6.45) is 0. The van der Waals surface area contributed by atoms with E-state index in [1.165, 1.54) is 37.4 Å². The van der Waals surface area contributed by atoms with Crippen molar-refractivity contribution < 1.29 is 8.42 Å². The predicted octanol–water partition coefficient (Wildman–Crippen LogP) is 8.24. The Labute approximate surface area is 293 Å². The average molecular weight is 683 g/mol. The third kappa shape index (κ3) is 4.67. The minimum atomic E-state index is -3.63. The van der Waals surface area contributed by atoms with Crippen LogP contribution in [-0.4, -0.2) is 27.6 Å². The fourth-order valence-electron chi connectivity index (χ4n) is 8.06. The minimum Gasteiger partial charge on any atom is -0.340 e. The Kier molecular flexibility index (Phi) is 7.30. The van der Waals surface area contributed by atoms with Gasteiger partial charge in [-0.15, -0.1) is 0 Å². The molecule has 0 atom stereocenters. The normalized spacial score (nSPS) is 13.6. The van der Waals surface area contributed by atoms with Crippen molar-refractivity contribution >= 4 is 66.7 Å². The predicted molar refractivity (Wildman–Crippen MR) is 208 cm³/mol.